The van der Waals surface area contributed by atoms with Gasteiger partial charge in [0.05, 0.1) is 9.04 Å². The van der Waals surface area contributed by atoms with E-state index in [1.54, 1.807) is 11.3 Å². The zero-order valence-corrected chi connectivity index (χ0v) is 13.7. The van der Waals surface area contributed by atoms with Gasteiger partial charge < -0.3 is 10.6 Å². The highest BCUT2D eigenvalue weighted by molar-refractivity contribution is 9.11. The molecule has 0 aliphatic carbocycles. The van der Waals surface area contributed by atoms with E-state index in [-0.39, 0.29) is 0 Å². The van der Waals surface area contributed by atoms with E-state index in [0.29, 0.717) is 5.25 Å². The Hall–Kier alpha value is 0.450. The molecule has 1 aromatic rings. The smallest absolute Gasteiger partial charge is 0.0701 e. The van der Waals surface area contributed by atoms with Gasteiger partial charge in [-0.1, -0.05) is 13.8 Å². The topological polar surface area (TPSA) is 29.3 Å². The molecule has 0 spiro atoms. The van der Waals surface area contributed by atoms with Gasteiger partial charge in [-0.15, -0.1) is 11.3 Å². The van der Waals surface area contributed by atoms with Crippen molar-refractivity contribution in [3.63, 3.8) is 0 Å². The molecule has 0 saturated heterocycles. The van der Waals surface area contributed by atoms with E-state index in [4.69, 9.17) is 5.73 Å². The van der Waals surface area contributed by atoms with Gasteiger partial charge in [-0.2, -0.15) is 11.8 Å². The van der Waals surface area contributed by atoms with Crippen LogP contribution < -0.4 is 5.73 Å². The quantitative estimate of drug-likeness (QED) is 0.786. The van der Waals surface area contributed by atoms with E-state index in [0.717, 1.165) is 31.9 Å². The first kappa shape index (κ1) is 15.5. The van der Waals surface area contributed by atoms with Crippen LogP contribution in [0.5, 0.6) is 0 Å². The maximum absolute atomic E-state index is 5.85. The second-order valence-electron chi connectivity index (χ2n) is 3.76. The van der Waals surface area contributed by atoms with Gasteiger partial charge >= 0.3 is 0 Å². The van der Waals surface area contributed by atoms with Crippen molar-refractivity contribution in [1.29, 1.82) is 0 Å². The van der Waals surface area contributed by atoms with Gasteiger partial charge in [-0.3, -0.25) is 0 Å². The lowest BCUT2D eigenvalue weighted by Crippen LogP contribution is -2.25. The minimum atomic E-state index is 0.446. The van der Waals surface area contributed by atoms with E-state index in [1.807, 2.05) is 11.8 Å². The number of halogens is 1. The van der Waals surface area contributed by atoms with Crippen LogP contribution in [0.1, 0.15) is 24.0 Å². The Kier molecular flexibility index (Phi) is 7.78. The summed E-state index contributed by atoms with van der Waals surface area (Å²) in [5, 5.41) is 0.446. The fourth-order valence-corrected chi connectivity index (χ4v) is 4.42. The van der Waals surface area contributed by atoms with Crippen LogP contribution in [0.15, 0.2) is 15.9 Å². The number of thiophene rings is 1. The zero-order chi connectivity index (χ0) is 12.7. The molecule has 1 aromatic heterocycles. The first-order valence-corrected chi connectivity index (χ1v) is 8.66. The van der Waals surface area contributed by atoms with Gasteiger partial charge in [0.15, 0.2) is 0 Å². The number of hydrogen-bond donors (Lipinski definition) is 1. The summed E-state index contributed by atoms with van der Waals surface area (Å²) in [6, 6.07) is 4.28. The summed E-state index contributed by atoms with van der Waals surface area (Å²) in [7, 11) is 0. The molecule has 0 saturated carbocycles. The number of thioether (sulfide) groups is 1. The lowest BCUT2D eigenvalue weighted by molar-refractivity contribution is 0.324. The van der Waals surface area contributed by atoms with Crippen molar-refractivity contribution < 1.29 is 0 Å². The summed E-state index contributed by atoms with van der Waals surface area (Å²) in [5.74, 6) is 1.15. The first-order valence-electron chi connectivity index (χ1n) is 6.00. The molecule has 2 nitrogen and oxygen atoms in total. The summed E-state index contributed by atoms with van der Waals surface area (Å²) in [4.78, 5) is 3.83. The van der Waals surface area contributed by atoms with Crippen molar-refractivity contribution in [3.8, 4) is 0 Å². The Morgan fingerprint density at radius 3 is 2.59 bits per heavy atom. The molecule has 1 rings (SSSR count). The summed E-state index contributed by atoms with van der Waals surface area (Å²) in [6.45, 7) is 8.57. The molecule has 0 amide bonds. The van der Waals surface area contributed by atoms with Crippen LogP contribution in [-0.2, 0) is 0 Å². The number of hydrogen-bond acceptors (Lipinski definition) is 4. The largest absolute Gasteiger partial charge is 0.329 e. The van der Waals surface area contributed by atoms with Crippen molar-refractivity contribution in [1.82, 2.24) is 4.90 Å². The summed E-state index contributed by atoms with van der Waals surface area (Å²) in [5.41, 5.74) is 5.85. The molecular weight excluding hydrogens is 316 g/mol. The fraction of sp³-hybridized carbons (Fsp3) is 0.667. The van der Waals surface area contributed by atoms with Crippen molar-refractivity contribution >= 4 is 39.0 Å². The normalized spacial score (nSPS) is 13.2. The minimum absolute atomic E-state index is 0.446. The van der Waals surface area contributed by atoms with Crippen LogP contribution in [0.4, 0.5) is 0 Å². The number of rotatable bonds is 8. The van der Waals surface area contributed by atoms with Crippen molar-refractivity contribution in [2.75, 3.05) is 31.9 Å². The predicted molar refractivity (Wildman–Crippen MR) is 84.1 cm³/mol. The molecular formula is C12H21BrN2S2. The Labute approximate surface area is 121 Å². The minimum Gasteiger partial charge on any atom is -0.329 e. The highest BCUT2D eigenvalue weighted by Crippen LogP contribution is 2.34. The van der Waals surface area contributed by atoms with Crippen LogP contribution in [0, 0.1) is 0 Å². The summed E-state index contributed by atoms with van der Waals surface area (Å²) in [6.07, 6.45) is 0. The van der Waals surface area contributed by atoms with Gasteiger partial charge in [0.2, 0.25) is 0 Å². The van der Waals surface area contributed by atoms with Crippen LogP contribution >= 0.6 is 39.0 Å². The summed E-state index contributed by atoms with van der Waals surface area (Å²) < 4.78 is 1.19. The molecule has 0 aliphatic heterocycles. The molecule has 5 heteroatoms. The Morgan fingerprint density at radius 2 is 2.12 bits per heavy atom. The van der Waals surface area contributed by atoms with Crippen molar-refractivity contribution in [2.45, 2.75) is 19.1 Å². The second kappa shape index (κ2) is 8.53. The fourth-order valence-electron chi connectivity index (χ4n) is 1.63. The van der Waals surface area contributed by atoms with Crippen molar-refractivity contribution in [2.24, 2.45) is 5.73 Å². The lowest BCUT2D eigenvalue weighted by Gasteiger charge is -2.19. The van der Waals surface area contributed by atoms with Gasteiger partial charge in [-0.05, 0) is 41.2 Å². The molecule has 1 heterocycles. The standard InChI is InChI=1S/C12H21BrN2S2/c1-3-15(4-2)7-8-16-11(9-14)10-5-6-12(13)17-10/h5-6,11H,3-4,7-9,14H2,1-2H3. The third-order valence-electron chi connectivity index (χ3n) is 2.75. The SMILES string of the molecule is CCN(CC)CCSC(CN)c1ccc(Br)s1. The Morgan fingerprint density at radius 1 is 1.41 bits per heavy atom. The molecule has 0 aliphatic rings. The monoisotopic (exact) mass is 336 g/mol. The van der Waals surface area contributed by atoms with E-state index < -0.39 is 0 Å². The second-order valence-corrected chi connectivity index (χ2v) is 7.57. The molecule has 0 fully saturated rings. The Bertz CT molecular complexity index is 313. The third-order valence-corrected chi connectivity index (χ3v) is 5.90. The highest BCUT2D eigenvalue weighted by Gasteiger charge is 2.12. The van der Waals surface area contributed by atoms with Crippen LogP contribution in [0.2, 0.25) is 0 Å². The van der Waals surface area contributed by atoms with Crippen LogP contribution in [-0.4, -0.2) is 36.8 Å². The maximum Gasteiger partial charge on any atom is 0.0701 e. The average Bonchev–Trinajstić information content (AvgIpc) is 2.76. The molecule has 98 valence electrons. The number of nitrogens with zero attached hydrogens (tertiary/aromatic N) is 1. The van der Waals surface area contributed by atoms with E-state index >= 15 is 0 Å². The van der Waals surface area contributed by atoms with Crippen LogP contribution in [0.25, 0.3) is 0 Å². The van der Waals surface area contributed by atoms with E-state index in [1.165, 1.54) is 8.66 Å². The lowest BCUT2D eigenvalue weighted by atomic mass is 10.3. The van der Waals surface area contributed by atoms with Gasteiger partial charge in [-0.25, -0.2) is 0 Å². The average molecular weight is 337 g/mol. The van der Waals surface area contributed by atoms with Gasteiger partial charge in [0.25, 0.3) is 0 Å². The molecule has 17 heavy (non-hydrogen) atoms. The Balaban J connectivity index is 2.38. The highest BCUT2D eigenvalue weighted by atomic mass is 79.9. The van der Waals surface area contributed by atoms with Crippen LogP contribution in [0.3, 0.4) is 0 Å². The molecule has 0 aromatic carbocycles. The zero-order valence-electron chi connectivity index (χ0n) is 10.5. The van der Waals surface area contributed by atoms with E-state index in [9.17, 15) is 0 Å². The summed E-state index contributed by atoms with van der Waals surface area (Å²) >= 11 is 7.27. The number of nitrogens with two attached hydrogens (primary N) is 1. The maximum atomic E-state index is 5.85. The van der Waals surface area contributed by atoms with Gasteiger partial charge in [0, 0.05) is 23.7 Å². The first-order chi connectivity index (χ1) is 8.21. The van der Waals surface area contributed by atoms with Gasteiger partial charge in [0.1, 0.15) is 0 Å². The molecule has 2 N–H and O–H groups in total. The molecule has 0 radical (unpaired) electrons. The van der Waals surface area contributed by atoms with Crippen molar-refractivity contribution in [3.05, 3.63) is 20.8 Å². The molecule has 1 unspecified atom stereocenters. The molecule has 1 atom stereocenters. The van der Waals surface area contributed by atoms with E-state index in [2.05, 4.69) is 46.8 Å². The predicted octanol–water partition coefficient (Wildman–Crippen LogP) is 3.59. The molecule has 0 bridgehead atoms. The third kappa shape index (κ3) is 5.30.